The number of nitrogens with zero attached hydrogens (tertiary/aromatic N) is 3. The first-order valence-corrected chi connectivity index (χ1v) is 5.08. The Morgan fingerprint density at radius 1 is 1.39 bits per heavy atom. The van der Waals surface area contributed by atoms with E-state index in [1.807, 2.05) is 0 Å². The molecule has 92 valence electrons. The third-order valence-electron chi connectivity index (χ3n) is 2.20. The number of hydrogen-bond acceptors (Lipinski definition) is 6. The van der Waals surface area contributed by atoms with E-state index in [0.29, 0.717) is 11.4 Å². The summed E-state index contributed by atoms with van der Waals surface area (Å²) in [4.78, 5) is 17.9. The number of nitro benzene ring substituents is 1. The lowest BCUT2D eigenvalue weighted by Gasteiger charge is -2.07. The molecule has 2 rings (SSSR count). The molecule has 0 aliphatic heterocycles. The molecule has 0 radical (unpaired) electrons. The molecular weight excluding hydrogens is 236 g/mol. The van der Waals surface area contributed by atoms with Crippen LogP contribution in [-0.4, -0.2) is 14.9 Å². The number of ether oxygens (including phenoxy) is 1. The molecule has 0 fully saturated rings. The van der Waals surface area contributed by atoms with Gasteiger partial charge in [0.1, 0.15) is 12.4 Å². The van der Waals surface area contributed by atoms with Gasteiger partial charge in [0.15, 0.2) is 0 Å². The monoisotopic (exact) mass is 246 g/mol. The first kappa shape index (κ1) is 11.8. The van der Waals surface area contributed by atoms with Gasteiger partial charge in [0.05, 0.1) is 22.5 Å². The topological polar surface area (TPSA) is 104 Å². The molecule has 0 unspecified atom stereocenters. The highest BCUT2D eigenvalue weighted by Crippen LogP contribution is 2.26. The zero-order valence-corrected chi connectivity index (χ0v) is 9.31. The van der Waals surface area contributed by atoms with Crippen LogP contribution in [0.3, 0.4) is 0 Å². The predicted octanol–water partition coefficient (Wildman–Crippen LogP) is 1.55. The fraction of sp³-hybridized carbons (Fsp3) is 0.0909. The Balaban J connectivity index is 2.08. The van der Waals surface area contributed by atoms with E-state index in [4.69, 9.17) is 10.5 Å². The molecule has 0 bridgehead atoms. The van der Waals surface area contributed by atoms with Gasteiger partial charge in [0.2, 0.25) is 0 Å². The van der Waals surface area contributed by atoms with E-state index >= 15 is 0 Å². The summed E-state index contributed by atoms with van der Waals surface area (Å²) in [5, 5.41) is 10.5. The molecule has 1 heterocycles. The van der Waals surface area contributed by atoms with Crippen molar-refractivity contribution in [1.82, 2.24) is 9.97 Å². The zero-order valence-electron chi connectivity index (χ0n) is 9.31. The molecule has 0 saturated heterocycles. The third kappa shape index (κ3) is 2.70. The van der Waals surface area contributed by atoms with Crippen LogP contribution in [0, 0.1) is 10.1 Å². The third-order valence-corrected chi connectivity index (χ3v) is 2.20. The quantitative estimate of drug-likeness (QED) is 0.498. The molecule has 0 aliphatic carbocycles. The van der Waals surface area contributed by atoms with Crippen molar-refractivity contribution < 1.29 is 9.66 Å². The van der Waals surface area contributed by atoms with Crippen LogP contribution in [0.25, 0.3) is 0 Å². The smallest absolute Gasteiger partial charge is 0.271 e. The van der Waals surface area contributed by atoms with Crippen LogP contribution in [0.15, 0.2) is 36.8 Å². The summed E-state index contributed by atoms with van der Waals surface area (Å²) < 4.78 is 5.41. The van der Waals surface area contributed by atoms with Gasteiger partial charge in [0.25, 0.3) is 5.69 Å². The number of nitro groups is 1. The fourth-order valence-electron chi connectivity index (χ4n) is 1.34. The van der Waals surface area contributed by atoms with E-state index in [2.05, 4.69) is 9.97 Å². The van der Waals surface area contributed by atoms with Gasteiger partial charge in [-0.1, -0.05) is 0 Å². The molecule has 0 saturated carbocycles. The van der Waals surface area contributed by atoms with E-state index in [0.717, 1.165) is 0 Å². The van der Waals surface area contributed by atoms with Crippen LogP contribution in [0.4, 0.5) is 11.4 Å². The van der Waals surface area contributed by atoms with E-state index in [1.54, 1.807) is 18.6 Å². The Bertz CT molecular complexity index is 559. The Morgan fingerprint density at radius 3 is 2.83 bits per heavy atom. The maximum absolute atomic E-state index is 10.5. The molecule has 7 heteroatoms. The number of benzene rings is 1. The second-order valence-corrected chi connectivity index (χ2v) is 3.46. The fourth-order valence-corrected chi connectivity index (χ4v) is 1.34. The second-order valence-electron chi connectivity index (χ2n) is 3.46. The summed E-state index contributed by atoms with van der Waals surface area (Å²) in [6.45, 7) is 0.204. The van der Waals surface area contributed by atoms with Crippen molar-refractivity contribution in [2.75, 3.05) is 5.73 Å². The predicted molar refractivity (Wildman–Crippen MR) is 63.9 cm³/mol. The minimum absolute atomic E-state index is 0.0700. The number of aromatic nitrogens is 2. The minimum Gasteiger partial charge on any atom is -0.485 e. The first-order chi connectivity index (χ1) is 8.66. The molecule has 7 nitrogen and oxygen atoms in total. The first-order valence-electron chi connectivity index (χ1n) is 5.08. The highest BCUT2D eigenvalue weighted by atomic mass is 16.6. The van der Waals surface area contributed by atoms with Gasteiger partial charge >= 0.3 is 0 Å². The lowest BCUT2D eigenvalue weighted by Crippen LogP contribution is -2.01. The van der Waals surface area contributed by atoms with Gasteiger partial charge in [-0.2, -0.15) is 0 Å². The summed E-state index contributed by atoms with van der Waals surface area (Å²) in [5.74, 6) is 0.381. The number of anilines is 1. The minimum atomic E-state index is -0.511. The highest BCUT2D eigenvalue weighted by Gasteiger charge is 2.09. The van der Waals surface area contributed by atoms with Crippen molar-refractivity contribution in [2.45, 2.75) is 6.61 Å². The summed E-state index contributed by atoms with van der Waals surface area (Å²) in [6.07, 6.45) is 4.68. The molecule has 1 aromatic carbocycles. The molecule has 0 aliphatic rings. The Labute approximate surface area is 102 Å². The Hall–Kier alpha value is -2.70. The summed E-state index contributed by atoms with van der Waals surface area (Å²) in [7, 11) is 0. The zero-order chi connectivity index (χ0) is 13.0. The highest BCUT2D eigenvalue weighted by molar-refractivity contribution is 5.58. The van der Waals surface area contributed by atoms with Crippen LogP contribution < -0.4 is 10.5 Å². The normalized spacial score (nSPS) is 10.0. The van der Waals surface area contributed by atoms with E-state index in [1.165, 1.54) is 18.2 Å². The average Bonchev–Trinajstić information content (AvgIpc) is 2.38. The van der Waals surface area contributed by atoms with Crippen LogP contribution >= 0.6 is 0 Å². The number of nitrogens with two attached hydrogens (primary N) is 1. The van der Waals surface area contributed by atoms with Crippen molar-refractivity contribution in [3.8, 4) is 5.75 Å². The van der Waals surface area contributed by atoms with E-state index in [-0.39, 0.29) is 18.0 Å². The number of non-ortho nitro benzene ring substituents is 1. The number of nitrogen functional groups attached to an aromatic ring is 1. The van der Waals surface area contributed by atoms with Gasteiger partial charge in [-0.25, -0.2) is 0 Å². The average molecular weight is 246 g/mol. The largest absolute Gasteiger partial charge is 0.485 e. The summed E-state index contributed by atoms with van der Waals surface area (Å²) >= 11 is 0. The Kier molecular flexibility index (Phi) is 3.33. The summed E-state index contributed by atoms with van der Waals surface area (Å²) in [5.41, 5.74) is 6.45. The summed E-state index contributed by atoms with van der Waals surface area (Å²) in [6, 6.07) is 4.05. The molecule has 2 N–H and O–H groups in total. The maximum atomic E-state index is 10.5. The van der Waals surface area contributed by atoms with Crippen molar-refractivity contribution in [3.05, 3.63) is 52.6 Å². The van der Waals surface area contributed by atoms with Crippen molar-refractivity contribution in [1.29, 1.82) is 0 Å². The lowest BCUT2D eigenvalue weighted by molar-refractivity contribution is -0.384. The van der Waals surface area contributed by atoms with Gasteiger partial charge in [-0.05, 0) is 6.07 Å². The van der Waals surface area contributed by atoms with E-state index < -0.39 is 4.92 Å². The SMILES string of the molecule is Nc1cc([N+](=O)[O-])ccc1OCc1cnccn1. The van der Waals surface area contributed by atoms with Gasteiger partial charge in [0, 0.05) is 24.5 Å². The van der Waals surface area contributed by atoms with Gasteiger partial charge in [-0.3, -0.25) is 20.1 Å². The maximum Gasteiger partial charge on any atom is 0.271 e. The van der Waals surface area contributed by atoms with Gasteiger partial charge < -0.3 is 10.5 Å². The van der Waals surface area contributed by atoms with Crippen molar-refractivity contribution in [3.63, 3.8) is 0 Å². The van der Waals surface area contributed by atoms with Crippen molar-refractivity contribution >= 4 is 11.4 Å². The molecule has 1 aromatic heterocycles. The van der Waals surface area contributed by atoms with Gasteiger partial charge in [-0.15, -0.1) is 0 Å². The number of hydrogen-bond donors (Lipinski definition) is 1. The molecule has 2 aromatic rings. The molecule has 0 atom stereocenters. The standard InChI is InChI=1S/C11H10N4O3/c12-10-5-9(15(16)17)1-2-11(10)18-7-8-6-13-3-4-14-8/h1-6H,7,12H2. The molecular formula is C11H10N4O3. The van der Waals surface area contributed by atoms with Crippen LogP contribution in [0.5, 0.6) is 5.75 Å². The Morgan fingerprint density at radius 2 is 2.22 bits per heavy atom. The second kappa shape index (κ2) is 5.09. The van der Waals surface area contributed by atoms with E-state index in [9.17, 15) is 10.1 Å². The van der Waals surface area contributed by atoms with Crippen LogP contribution in [0.1, 0.15) is 5.69 Å². The molecule has 18 heavy (non-hydrogen) atoms. The lowest BCUT2D eigenvalue weighted by atomic mass is 10.2. The van der Waals surface area contributed by atoms with Crippen LogP contribution in [-0.2, 0) is 6.61 Å². The number of rotatable bonds is 4. The molecule has 0 amide bonds. The molecule has 0 spiro atoms. The van der Waals surface area contributed by atoms with Crippen molar-refractivity contribution in [2.24, 2.45) is 0 Å². The van der Waals surface area contributed by atoms with Crippen LogP contribution in [0.2, 0.25) is 0 Å².